The summed E-state index contributed by atoms with van der Waals surface area (Å²) in [5, 5.41) is 0. The first kappa shape index (κ1) is 20.0. The van der Waals surface area contributed by atoms with Gasteiger partial charge < -0.3 is 9.64 Å². The molecular weight excluding hydrogens is 360 g/mol. The number of para-hydroxylation sites is 1. The topological polar surface area (TPSA) is 32.8 Å². The monoisotopic (exact) mass is 392 g/mol. The zero-order chi connectivity index (χ0) is 20.4. The van der Waals surface area contributed by atoms with Crippen LogP contribution in [0.4, 0.5) is 0 Å². The van der Waals surface area contributed by atoms with Crippen LogP contribution in [0.25, 0.3) is 0 Å². The van der Waals surface area contributed by atoms with Gasteiger partial charge in [-0.2, -0.15) is 0 Å². The van der Waals surface area contributed by atoms with Gasteiger partial charge in [-0.05, 0) is 49.8 Å². The van der Waals surface area contributed by atoms with Gasteiger partial charge in [0.15, 0.2) is 0 Å². The van der Waals surface area contributed by atoms with E-state index in [4.69, 9.17) is 4.74 Å². The van der Waals surface area contributed by atoms with E-state index in [1.165, 1.54) is 16.7 Å². The fourth-order valence-corrected chi connectivity index (χ4v) is 4.88. The minimum Gasteiger partial charge on any atom is -0.486 e. The molecule has 154 valence electrons. The van der Waals surface area contributed by atoms with E-state index in [1.54, 1.807) is 6.92 Å². The second kappa shape index (κ2) is 8.19. The third kappa shape index (κ3) is 4.32. The van der Waals surface area contributed by atoms with Crippen LogP contribution in [0.5, 0.6) is 5.75 Å². The van der Waals surface area contributed by atoms with Crippen LogP contribution < -0.4 is 4.74 Å². The Morgan fingerprint density at radius 1 is 1.14 bits per heavy atom. The number of nitrogens with zero attached hydrogens (tertiary/aromatic N) is 2. The standard InChI is InChI=1S/C25H32N2O2/c1-19-8-4-5-9-21(19)16-27-17-22-10-6-7-11-24(22)29-25(18-27)14-12-23(13-15-25)26(3)20(2)28/h4-11,23H,12-18H2,1-3H3. The lowest BCUT2D eigenvalue weighted by atomic mass is 9.81. The van der Waals surface area contributed by atoms with Crippen molar-refractivity contribution >= 4 is 5.91 Å². The maximum absolute atomic E-state index is 11.8. The first-order chi connectivity index (χ1) is 14.0. The van der Waals surface area contributed by atoms with Crippen LogP contribution >= 0.6 is 0 Å². The van der Waals surface area contributed by atoms with Crippen molar-refractivity contribution in [3.63, 3.8) is 0 Å². The highest BCUT2D eigenvalue weighted by Crippen LogP contribution is 2.39. The fourth-order valence-electron chi connectivity index (χ4n) is 4.88. The zero-order valence-corrected chi connectivity index (χ0v) is 17.9. The van der Waals surface area contributed by atoms with E-state index in [0.717, 1.165) is 51.1 Å². The number of carbonyl (C=O) groups excluding carboxylic acids is 1. The predicted molar refractivity (Wildman–Crippen MR) is 116 cm³/mol. The number of carbonyl (C=O) groups is 1. The van der Waals surface area contributed by atoms with Gasteiger partial charge in [-0.15, -0.1) is 0 Å². The molecule has 1 aliphatic carbocycles. The summed E-state index contributed by atoms with van der Waals surface area (Å²) in [5.74, 6) is 1.18. The summed E-state index contributed by atoms with van der Waals surface area (Å²) in [6.45, 7) is 6.61. The Labute approximate surface area is 174 Å². The van der Waals surface area contributed by atoms with Gasteiger partial charge >= 0.3 is 0 Å². The Kier molecular flexibility index (Phi) is 5.64. The fraction of sp³-hybridized carbons (Fsp3) is 0.480. The molecule has 4 nitrogen and oxygen atoms in total. The molecule has 0 atom stereocenters. The molecule has 2 aromatic carbocycles. The number of aryl methyl sites for hydroxylation is 1. The lowest BCUT2D eigenvalue weighted by Gasteiger charge is -2.43. The Morgan fingerprint density at radius 3 is 2.55 bits per heavy atom. The highest BCUT2D eigenvalue weighted by Gasteiger charge is 2.42. The summed E-state index contributed by atoms with van der Waals surface area (Å²) in [5.41, 5.74) is 3.81. The molecular formula is C25H32N2O2. The molecule has 0 bridgehead atoms. The van der Waals surface area contributed by atoms with Crippen LogP contribution in [-0.4, -0.2) is 40.9 Å². The van der Waals surface area contributed by atoms with Crippen molar-refractivity contribution in [3.05, 3.63) is 65.2 Å². The van der Waals surface area contributed by atoms with Crippen LogP contribution in [0.2, 0.25) is 0 Å². The van der Waals surface area contributed by atoms with E-state index in [0.29, 0.717) is 6.04 Å². The minimum absolute atomic E-state index is 0.152. The quantitative estimate of drug-likeness (QED) is 0.768. The van der Waals surface area contributed by atoms with Gasteiger partial charge in [0.05, 0.1) is 0 Å². The molecule has 0 unspecified atom stereocenters. The molecule has 0 saturated heterocycles. The summed E-state index contributed by atoms with van der Waals surface area (Å²) < 4.78 is 6.73. The van der Waals surface area contributed by atoms with Crippen molar-refractivity contribution in [1.29, 1.82) is 0 Å². The number of benzene rings is 2. The molecule has 2 aromatic rings. The van der Waals surface area contributed by atoms with Gasteiger partial charge in [-0.1, -0.05) is 42.5 Å². The van der Waals surface area contributed by atoms with Crippen molar-refractivity contribution in [2.24, 2.45) is 0 Å². The summed E-state index contributed by atoms with van der Waals surface area (Å²) in [6.07, 6.45) is 3.95. The lowest BCUT2D eigenvalue weighted by Crippen LogP contribution is -2.51. The Bertz CT molecular complexity index is 871. The van der Waals surface area contributed by atoms with Gasteiger partial charge in [-0.3, -0.25) is 9.69 Å². The van der Waals surface area contributed by atoms with E-state index in [9.17, 15) is 4.79 Å². The molecule has 1 amide bonds. The van der Waals surface area contributed by atoms with Crippen molar-refractivity contribution in [1.82, 2.24) is 9.80 Å². The summed E-state index contributed by atoms with van der Waals surface area (Å²) in [4.78, 5) is 16.3. The average molecular weight is 393 g/mol. The summed E-state index contributed by atoms with van der Waals surface area (Å²) >= 11 is 0. The van der Waals surface area contributed by atoms with Gasteiger partial charge in [0.2, 0.25) is 5.91 Å². The second-order valence-electron chi connectivity index (χ2n) is 8.83. The van der Waals surface area contributed by atoms with Crippen LogP contribution in [0.15, 0.2) is 48.5 Å². The van der Waals surface area contributed by atoms with E-state index < -0.39 is 0 Å². The number of ether oxygens (including phenoxy) is 1. The molecule has 1 saturated carbocycles. The normalized spacial score (nSPS) is 24.4. The van der Waals surface area contributed by atoms with Crippen molar-refractivity contribution in [2.45, 2.75) is 64.3 Å². The molecule has 29 heavy (non-hydrogen) atoms. The predicted octanol–water partition coefficient (Wildman–Crippen LogP) is 4.55. The van der Waals surface area contributed by atoms with Crippen molar-refractivity contribution < 1.29 is 9.53 Å². The average Bonchev–Trinajstić information content (AvgIpc) is 2.85. The van der Waals surface area contributed by atoms with Crippen LogP contribution in [-0.2, 0) is 17.9 Å². The first-order valence-electron chi connectivity index (χ1n) is 10.7. The number of hydrogen-bond donors (Lipinski definition) is 0. The van der Waals surface area contributed by atoms with Crippen LogP contribution in [0, 0.1) is 6.92 Å². The lowest BCUT2D eigenvalue weighted by molar-refractivity contribution is -0.131. The molecule has 0 N–H and O–H groups in total. The third-order valence-electron chi connectivity index (χ3n) is 6.77. The van der Waals surface area contributed by atoms with Gasteiger partial charge in [0.25, 0.3) is 0 Å². The van der Waals surface area contributed by atoms with Crippen molar-refractivity contribution in [3.8, 4) is 5.75 Å². The molecule has 1 aliphatic heterocycles. The molecule has 2 aliphatic rings. The Morgan fingerprint density at radius 2 is 1.83 bits per heavy atom. The molecule has 4 rings (SSSR count). The van der Waals surface area contributed by atoms with Crippen LogP contribution in [0.1, 0.15) is 49.3 Å². The number of amides is 1. The molecule has 1 spiro atoms. The molecule has 4 heteroatoms. The minimum atomic E-state index is -0.177. The van der Waals surface area contributed by atoms with E-state index in [1.807, 2.05) is 11.9 Å². The highest BCUT2D eigenvalue weighted by molar-refractivity contribution is 5.73. The molecule has 1 fully saturated rings. The zero-order valence-electron chi connectivity index (χ0n) is 17.9. The van der Waals surface area contributed by atoms with Crippen LogP contribution in [0.3, 0.4) is 0 Å². The molecule has 0 aromatic heterocycles. The number of hydrogen-bond acceptors (Lipinski definition) is 3. The largest absolute Gasteiger partial charge is 0.486 e. The maximum atomic E-state index is 11.8. The van der Waals surface area contributed by atoms with Gasteiger partial charge in [-0.25, -0.2) is 0 Å². The third-order valence-corrected chi connectivity index (χ3v) is 6.77. The maximum Gasteiger partial charge on any atom is 0.219 e. The number of rotatable bonds is 3. The highest BCUT2D eigenvalue weighted by atomic mass is 16.5. The smallest absolute Gasteiger partial charge is 0.219 e. The first-order valence-corrected chi connectivity index (χ1v) is 10.7. The molecule has 1 heterocycles. The molecule has 0 radical (unpaired) electrons. The summed E-state index contributed by atoms with van der Waals surface area (Å²) in [6, 6.07) is 17.5. The Balaban J connectivity index is 1.58. The second-order valence-corrected chi connectivity index (χ2v) is 8.83. The summed E-state index contributed by atoms with van der Waals surface area (Å²) in [7, 11) is 1.93. The number of fused-ring (bicyclic) bond motifs is 1. The van der Waals surface area contributed by atoms with E-state index in [2.05, 4.69) is 60.4 Å². The van der Waals surface area contributed by atoms with Gasteiger partial charge in [0.1, 0.15) is 11.4 Å². The van der Waals surface area contributed by atoms with Crippen molar-refractivity contribution in [2.75, 3.05) is 13.6 Å². The SMILES string of the molecule is CC(=O)N(C)C1CCC2(CC1)CN(Cc1ccccc1C)Cc1ccccc1O2. The van der Waals surface area contributed by atoms with E-state index in [-0.39, 0.29) is 11.5 Å². The van der Waals surface area contributed by atoms with E-state index >= 15 is 0 Å². The van der Waals surface area contributed by atoms with Gasteiger partial charge in [0, 0.05) is 45.2 Å². The Hall–Kier alpha value is -2.33.